The fourth-order valence-corrected chi connectivity index (χ4v) is 3.09. The Morgan fingerprint density at radius 3 is 2.65 bits per heavy atom. The van der Waals surface area contributed by atoms with Crippen molar-refractivity contribution in [3.8, 4) is 0 Å². The van der Waals surface area contributed by atoms with E-state index in [0.717, 1.165) is 17.0 Å². The second-order valence-electron chi connectivity index (χ2n) is 3.99. The molecule has 20 heavy (non-hydrogen) atoms. The number of rotatable bonds is 4. The topological polar surface area (TPSA) is 115 Å². The lowest BCUT2D eigenvalue weighted by molar-refractivity contribution is 0.0946. The molecular formula is C11H12N4O3S2. The lowest BCUT2D eigenvalue weighted by Gasteiger charge is -2.02. The van der Waals surface area contributed by atoms with E-state index in [9.17, 15) is 13.2 Å². The summed E-state index contributed by atoms with van der Waals surface area (Å²) in [5.41, 5.74) is 0.927. The van der Waals surface area contributed by atoms with Gasteiger partial charge in [-0.25, -0.2) is 18.5 Å². The Morgan fingerprint density at radius 1 is 1.35 bits per heavy atom. The standard InChI is InChI=1S/C11H12N4O3S2/c1-7-4-14-9(6-13-7)11(16)15-5-8-2-3-10(19-8)20(12,17)18/h2-4,6H,5H2,1H3,(H,15,16)(H2,12,17,18). The van der Waals surface area contributed by atoms with Crippen molar-refractivity contribution in [1.29, 1.82) is 0 Å². The number of aromatic nitrogens is 2. The molecule has 0 aliphatic carbocycles. The molecule has 0 aliphatic rings. The number of nitrogens with zero attached hydrogens (tertiary/aromatic N) is 2. The number of nitrogens with one attached hydrogen (secondary N) is 1. The van der Waals surface area contributed by atoms with Gasteiger partial charge in [0.25, 0.3) is 5.91 Å². The van der Waals surface area contributed by atoms with Gasteiger partial charge in [-0.15, -0.1) is 11.3 Å². The molecule has 3 N–H and O–H groups in total. The predicted molar refractivity (Wildman–Crippen MR) is 73.6 cm³/mol. The molecule has 2 aromatic heterocycles. The van der Waals surface area contributed by atoms with Crippen molar-refractivity contribution in [3.63, 3.8) is 0 Å². The van der Waals surface area contributed by atoms with Crippen LogP contribution in [0.4, 0.5) is 0 Å². The molecule has 106 valence electrons. The Hall–Kier alpha value is -1.84. The maximum atomic E-state index is 11.8. The van der Waals surface area contributed by atoms with Crippen LogP contribution < -0.4 is 10.5 Å². The van der Waals surface area contributed by atoms with Gasteiger partial charge in [0.1, 0.15) is 9.90 Å². The lowest BCUT2D eigenvalue weighted by atomic mass is 10.4. The second kappa shape index (κ2) is 5.65. The molecule has 2 aromatic rings. The zero-order valence-corrected chi connectivity index (χ0v) is 12.2. The van der Waals surface area contributed by atoms with Gasteiger partial charge in [-0.05, 0) is 19.1 Å². The summed E-state index contributed by atoms with van der Waals surface area (Å²) in [7, 11) is -3.69. The normalized spacial score (nSPS) is 11.3. The zero-order chi connectivity index (χ0) is 14.8. The van der Waals surface area contributed by atoms with Crippen molar-refractivity contribution in [3.05, 3.63) is 40.8 Å². The molecule has 0 aromatic carbocycles. The highest BCUT2D eigenvalue weighted by molar-refractivity contribution is 7.91. The first-order valence-electron chi connectivity index (χ1n) is 5.54. The number of hydrogen-bond donors (Lipinski definition) is 2. The van der Waals surface area contributed by atoms with Gasteiger partial charge in [-0.1, -0.05) is 0 Å². The number of primary sulfonamides is 1. The summed E-state index contributed by atoms with van der Waals surface area (Å²) in [5, 5.41) is 7.64. The third-order valence-corrected chi connectivity index (χ3v) is 4.88. The molecule has 2 heterocycles. The summed E-state index contributed by atoms with van der Waals surface area (Å²) in [5.74, 6) is -0.372. The predicted octanol–water partition coefficient (Wildman–Crippen LogP) is 0.424. The maximum Gasteiger partial charge on any atom is 0.271 e. The van der Waals surface area contributed by atoms with Gasteiger partial charge >= 0.3 is 0 Å². The van der Waals surface area contributed by atoms with Crippen LogP contribution >= 0.6 is 11.3 Å². The Bertz CT molecular complexity index is 722. The number of carbonyl (C=O) groups is 1. The van der Waals surface area contributed by atoms with Crippen LogP contribution in [0.1, 0.15) is 21.1 Å². The minimum atomic E-state index is -3.69. The highest BCUT2D eigenvalue weighted by Crippen LogP contribution is 2.19. The van der Waals surface area contributed by atoms with Gasteiger partial charge in [-0.2, -0.15) is 0 Å². The first-order valence-corrected chi connectivity index (χ1v) is 7.91. The Balaban J connectivity index is 2.00. The van der Waals surface area contributed by atoms with Crippen molar-refractivity contribution in [2.75, 3.05) is 0 Å². The third kappa shape index (κ3) is 3.59. The van der Waals surface area contributed by atoms with E-state index in [0.29, 0.717) is 4.88 Å². The number of hydrogen-bond acceptors (Lipinski definition) is 6. The Labute approximate surface area is 119 Å². The quantitative estimate of drug-likeness (QED) is 0.849. The van der Waals surface area contributed by atoms with Crippen LogP contribution in [0, 0.1) is 6.92 Å². The van der Waals surface area contributed by atoms with E-state index < -0.39 is 10.0 Å². The number of amides is 1. The van der Waals surface area contributed by atoms with Gasteiger partial charge in [0.15, 0.2) is 0 Å². The van der Waals surface area contributed by atoms with E-state index in [4.69, 9.17) is 5.14 Å². The first kappa shape index (κ1) is 14.6. The number of carbonyl (C=O) groups excluding carboxylic acids is 1. The Morgan fingerprint density at radius 2 is 2.10 bits per heavy atom. The van der Waals surface area contributed by atoms with E-state index >= 15 is 0 Å². The summed E-state index contributed by atoms with van der Waals surface area (Å²) in [6.07, 6.45) is 2.88. The SMILES string of the molecule is Cc1cnc(C(=O)NCc2ccc(S(N)(=O)=O)s2)cn1. The molecule has 7 nitrogen and oxygen atoms in total. The van der Waals surface area contributed by atoms with Crippen LogP contribution in [0.25, 0.3) is 0 Å². The van der Waals surface area contributed by atoms with Crippen molar-refractivity contribution in [1.82, 2.24) is 15.3 Å². The molecule has 2 rings (SSSR count). The van der Waals surface area contributed by atoms with E-state index in [-0.39, 0.29) is 22.4 Å². The van der Waals surface area contributed by atoms with Crippen LogP contribution in [-0.4, -0.2) is 24.3 Å². The minimum absolute atomic E-state index is 0.0666. The van der Waals surface area contributed by atoms with Crippen LogP contribution in [0.15, 0.2) is 28.7 Å². The molecular weight excluding hydrogens is 300 g/mol. The highest BCUT2D eigenvalue weighted by Gasteiger charge is 2.12. The average molecular weight is 312 g/mol. The second-order valence-corrected chi connectivity index (χ2v) is 6.95. The number of nitrogens with two attached hydrogens (primary N) is 1. The molecule has 0 spiro atoms. The van der Waals surface area contributed by atoms with Crippen LogP contribution in [0.3, 0.4) is 0 Å². The van der Waals surface area contributed by atoms with Crippen LogP contribution in [0.5, 0.6) is 0 Å². The van der Waals surface area contributed by atoms with Crippen molar-refractivity contribution in [2.45, 2.75) is 17.7 Å². The molecule has 0 bridgehead atoms. The largest absolute Gasteiger partial charge is 0.346 e. The van der Waals surface area contributed by atoms with Gasteiger partial charge in [0, 0.05) is 11.1 Å². The summed E-state index contributed by atoms with van der Waals surface area (Å²) in [6, 6.07) is 3.01. The molecule has 0 saturated carbocycles. The van der Waals surface area contributed by atoms with Gasteiger partial charge in [0.05, 0.1) is 18.4 Å². The third-order valence-electron chi connectivity index (χ3n) is 2.35. The first-order chi connectivity index (χ1) is 9.36. The van der Waals surface area contributed by atoms with Crippen molar-refractivity contribution >= 4 is 27.3 Å². The summed E-state index contributed by atoms with van der Waals surface area (Å²) in [6.45, 7) is 1.98. The molecule has 9 heteroatoms. The number of thiophene rings is 1. The smallest absolute Gasteiger partial charge is 0.271 e. The fourth-order valence-electron chi connectivity index (χ4n) is 1.37. The average Bonchev–Trinajstić information content (AvgIpc) is 2.85. The van der Waals surface area contributed by atoms with Gasteiger partial charge in [-0.3, -0.25) is 9.78 Å². The molecule has 1 amide bonds. The number of aryl methyl sites for hydroxylation is 1. The lowest BCUT2D eigenvalue weighted by Crippen LogP contribution is -2.23. The summed E-state index contributed by atoms with van der Waals surface area (Å²) >= 11 is 1.02. The zero-order valence-electron chi connectivity index (χ0n) is 10.5. The Kier molecular flexibility index (Phi) is 4.12. The number of sulfonamides is 1. The molecule has 0 radical (unpaired) electrons. The minimum Gasteiger partial charge on any atom is -0.346 e. The molecule has 0 atom stereocenters. The molecule has 0 unspecified atom stereocenters. The van der Waals surface area contributed by atoms with E-state index in [1.807, 2.05) is 0 Å². The molecule has 0 saturated heterocycles. The summed E-state index contributed by atoms with van der Waals surface area (Å²) < 4.78 is 22.3. The van der Waals surface area contributed by atoms with E-state index in [2.05, 4.69) is 15.3 Å². The molecule has 0 aliphatic heterocycles. The maximum absolute atomic E-state index is 11.8. The van der Waals surface area contributed by atoms with Gasteiger partial charge < -0.3 is 5.32 Å². The fraction of sp³-hybridized carbons (Fsp3) is 0.182. The molecule has 0 fully saturated rings. The monoisotopic (exact) mass is 312 g/mol. The van der Waals surface area contributed by atoms with Crippen molar-refractivity contribution in [2.24, 2.45) is 5.14 Å². The van der Waals surface area contributed by atoms with E-state index in [1.54, 1.807) is 13.0 Å². The highest BCUT2D eigenvalue weighted by atomic mass is 32.2. The summed E-state index contributed by atoms with van der Waals surface area (Å²) in [4.78, 5) is 20.4. The van der Waals surface area contributed by atoms with Crippen LogP contribution in [0.2, 0.25) is 0 Å². The van der Waals surface area contributed by atoms with Crippen LogP contribution in [-0.2, 0) is 16.6 Å². The van der Waals surface area contributed by atoms with Crippen molar-refractivity contribution < 1.29 is 13.2 Å². The van der Waals surface area contributed by atoms with Gasteiger partial charge in [0.2, 0.25) is 10.0 Å². The van der Waals surface area contributed by atoms with E-state index in [1.165, 1.54) is 18.5 Å².